The topological polar surface area (TPSA) is 57.4 Å². The van der Waals surface area contributed by atoms with Crippen LogP contribution in [0.5, 0.6) is 0 Å². The van der Waals surface area contributed by atoms with Crippen LogP contribution in [0.2, 0.25) is 0 Å². The van der Waals surface area contributed by atoms with Crippen molar-refractivity contribution in [1.82, 2.24) is 25.3 Å². The van der Waals surface area contributed by atoms with Crippen molar-refractivity contribution in [3.05, 3.63) is 83.5 Å². The zero-order valence-electron chi connectivity index (χ0n) is 16.7. The summed E-state index contributed by atoms with van der Waals surface area (Å²) < 4.78 is 5.61. The Morgan fingerprint density at radius 3 is 2.21 bits per heavy atom. The molecule has 6 nitrogen and oxygen atoms in total. The molecular weight excluding hydrogens is 386 g/mol. The Balaban J connectivity index is 0.00000240. The van der Waals surface area contributed by atoms with Gasteiger partial charge in [-0.1, -0.05) is 65.8 Å². The van der Waals surface area contributed by atoms with E-state index in [0.29, 0.717) is 12.4 Å². The highest BCUT2D eigenvalue weighted by atomic mass is 35.5. The number of nitrogens with zero attached hydrogens (tertiary/aromatic N) is 4. The van der Waals surface area contributed by atoms with Crippen molar-refractivity contribution in [1.29, 1.82) is 0 Å². The minimum Gasteiger partial charge on any atom is -0.338 e. The second kappa shape index (κ2) is 10.5. The van der Waals surface area contributed by atoms with Gasteiger partial charge in [0, 0.05) is 32.7 Å². The normalized spacial score (nSPS) is 17.2. The summed E-state index contributed by atoms with van der Waals surface area (Å²) in [4.78, 5) is 9.32. The van der Waals surface area contributed by atoms with E-state index in [4.69, 9.17) is 9.51 Å². The van der Waals surface area contributed by atoms with Gasteiger partial charge in [-0.05, 0) is 18.2 Å². The molecule has 3 aromatic rings. The van der Waals surface area contributed by atoms with Gasteiger partial charge in [0.1, 0.15) is 0 Å². The van der Waals surface area contributed by atoms with Crippen LogP contribution in [0.3, 0.4) is 0 Å². The first kappa shape index (κ1) is 21.5. The third kappa shape index (κ3) is 5.87. The first-order valence-electron chi connectivity index (χ1n) is 9.81. The summed E-state index contributed by atoms with van der Waals surface area (Å²) in [6, 6.07) is 21.2. The summed E-state index contributed by atoms with van der Waals surface area (Å²) in [6.07, 6.45) is 0. The Labute approximate surface area is 178 Å². The van der Waals surface area contributed by atoms with Crippen molar-refractivity contribution < 1.29 is 4.52 Å². The van der Waals surface area contributed by atoms with Crippen molar-refractivity contribution in [2.75, 3.05) is 26.7 Å². The Bertz CT molecular complexity index is 816. The van der Waals surface area contributed by atoms with Gasteiger partial charge in [-0.2, -0.15) is 4.98 Å². The van der Waals surface area contributed by atoms with E-state index in [1.54, 1.807) is 0 Å². The van der Waals surface area contributed by atoms with Gasteiger partial charge >= 0.3 is 0 Å². The smallest absolute Gasteiger partial charge is 0.240 e. The molecule has 1 aromatic heterocycles. The van der Waals surface area contributed by atoms with Crippen LogP contribution < -0.4 is 5.32 Å². The lowest BCUT2D eigenvalue weighted by Crippen LogP contribution is -2.44. The maximum Gasteiger partial charge on any atom is 0.240 e. The molecule has 2 aromatic carbocycles. The summed E-state index contributed by atoms with van der Waals surface area (Å²) in [6.45, 7) is 5.13. The lowest BCUT2D eigenvalue weighted by Gasteiger charge is -2.30. The summed E-state index contributed by atoms with van der Waals surface area (Å²) in [5, 5.41) is 7.67. The first-order chi connectivity index (χ1) is 13.8. The monoisotopic (exact) mass is 413 g/mol. The Morgan fingerprint density at radius 2 is 1.62 bits per heavy atom. The lowest BCUT2D eigenvalue weighted by molar-refractivity contribution is 0.189. The Morgan fingerprint density at radius 1 is 1.00 bits per heavy atom. The van der Waals surface area contributed by atoms with E-state index in [2.05, 4.69) is 75.9 Å². The van der Waals surface area contributed by atoms with Gasteiger partial charge in [0.15, 0.2) is 5.82 Å². The van der Waals surface area contributed by atoms with Gasteiger partial charge in [-0.25, -0.2) is 0 Å². The lowest BCUT2D eigenvalue weighted by atomic mass is 10.1. The Kier molecular flexibility index (Phi) is 7.77. The average Bonchev–Trinajstić information content (AvgIpc) is 3.18. The molecule has 7 heteroatoms. The predicted molar refractivity (Wildman–Crippen MR) is 116 cm³/mol. The molecule has 0 radical (unpaired) electrons. The van der Waals surface area contributed by atoms with Crippen LogP contribution in [-0.4, -0.2) is 46.6 Å². The summed E-state index contributed by atoms with van der Waals surface area (Å²) in [7, 11) is 2.11. The number of piperazine rings is 1. The van der Waals surface area contributed by atoms with Crippen molar-refractivity contribution in [3.8, 4) is 0 Å². The van der Waals surface area contributed by atoms with Crippen molar-refractivity contribution >= 4 is 12.4 Å². The number of rotatable bonds is 7. The molecule has 1 N–H and O–H groups in total. The number of benzene rings is 2. The van der Waals surface area contributed by atoms with Gasteiger partial charge in [0.2, 0.25) is 5.89 Å². The molecule has 1 aliphatic rings. The number of likely N-dealkylation sites (N-methyl/N-ethyl adjacent to an activating group) is 1. The molecule has 4 rings (SSSR count). The summed E-state index contributed by atoms with van der Waals surface area (Å²) in [5.74, 6) is 1.44. The maximum atomic E-state index is 5.61. The van der Waals surface area contributed by atoms with E-state index in [1.807, 2.05) is 12.1 Å². The quantitative estimate of drug-likeness (QED) is 0.641. The maximum absolute atomic E-state index is 5.61. The summed E-state index contributed by atoms with van der Waals surface area (Å²) >= 11 is 0. The number of hydrogen-bond acceptors (Lipinski definition) is 6. The number of nitrogens with one attached hydrogen (secondary N) is 1. The molecule has 0 saturated carbocycles. The fourth-order valence-corrected chi connectivity index (χ4v) is 3.60. The largest absolute Gasteiger partial charge is 0.338 e. The van der Waals surface area contributed by atoms with Gasteiger partial charge in [0.25, 0.3) is 0 Å². The van der Waals surface area contributed by atoms with E-state index in [1.165, 1.54) is 11.1 Å². The van der Waals surface area contributed by atoms with Crippen LogP contribution in [0.1, 0.15) is 28.9 Å². The highest BCUT2D eigenvalue weighted by Gasteiger charge is 2.25. The molecule has 29 heavy (non-hydrogen) atoms. The average molecular weight is 414 g/mol. The zero-order chi connectivity index (χ0) is 19.2. The van der Waals surface area contributed by atoms with Crippen LogP contribution in [0.4, 0.5) is 0 Å². The van der Waals surface area contributed by atoms with Gasteiger partial charge in [0.05, 0.1) is 12.6 Å². The standard InChI is InChI=1S/C22H27N5O.ClH/c1-26-13-12-23-14-20(26)22-24-21(28-25-22)17-27(15-18-8-4-2-5-9-18)16-19-10-6-3-7-11-19;/h2-11,20,23H,12-17H2,1H3;1H. The highest BCUT2D eigenvalue weighted by molar-refractivity contribution is 5.85. The van der Waals surface area contributed by atoms with E-state index < -0.39 is 0 Å². The minimum atomic E-state index is 0. The summed E-state index contributed by atoms with van der Waals surface area (Å²) in [5.41, 5.74) is 2.55. The minimum absolute atomic E-state index is 0. The van der Waals surface area contributed by atoms with E-state index in [-0.39, 0.29) is 18.4 Å². The van der Waals surface area contributed by atoms with Crippen LogP contribution in [-0.2, 0) is 19.6 Å². The highest BCUT2D eigenvalue weighted by Crippen LogP contribution is 2.19. The van der Waals surface area contributed by atoms with Crippen molar-refractivity contribution in [3.63, 3.8) is 0 Å². The van der Waals surface area contributed by atoms with E-state index >= 15 is 0 Å². The van der Waals surface area contributed by atoms with Crippen molar-refractivity contribution in [2.45, 2.75) is 25.7 Å². The van der Waals surface area contributed by atoms with Crippen LogP contribution >= 0.6 is 12.4 Å². The second-order valence-electron chi connectivity index (χ2n) is 7.36. The molecule has 0 spiro atoms. The molecule has 1 saturated heterocycles. The zero-order valence-corrected chi connectivity index (χ0v) is 17.5. The molecule has 1 aliphatic heterocycles. The molecule has 2 heterocycles. The van der Waals surface area contributed by atoms with Crippen molar-refractivity contribution in [2.24, 2.45) is 0 Å². The molecule has 0 aliphatic carbocycles. The van der Waals surface area contributed by atoms with E-state index in [0.717, 1.165) is 38.5 Å². The van der Waals surface area contributed by atoms with Crippen LogP contribution in [0.15, 0.2) is 65.2 Å². The molecule has 1 atom stereocenters. The van der Waals surface area contributed by atoms with E-state index in [9.17, 15) is 0 Å². The fraction of sp³-hybridized carbons (Fsp3) is 0.364. The second-order valence-corrected chi connectivity index (χ2v) is 7.36. The fourth-order valence-electron chi connectivity index (χ4n) is 3.60. The number of halogens is 1. The Hall–Kier alpha value is -2.25. The molecule has 0 bridgehead atoms. The molecule has 154 valence electrons. The van der Waals surface area contributed by atoms with Gasteiger partial charge in [-0.3, -0.25) is 9.80 Å². The number of hydrogen-bond donors (Lipinski definition) is 1. The van der Waals surface area contributed by atoms with Gasteiger partial charge < -0.3 is 9.84 Å². The number of aromatic nitrogens is 2. The first-order valence-corrected chi connectivity index (χ1v) is 9.81. The predicted octanol–water partition coefficient (Wildman–Crippen LogP) is 3.27. The van der Waals surface area contributed by atoms with Crippen LogP contribution in [0, 0.1) is 0 Å². The molecule has 1 unspecified atom stereocenters. The molecule has 1 fully saturated rings. The molecule has 0 amide bonds. The molecular formula is C22H28ClN5O. The van der Waals surface area contributed by atoms with Crippen LogP contribution in [0.25, 0.3) is 0 Å². The van der Waals surface area contributed by atoms with Gasteiger partial charge in [-0.15, -0.1) is 12.4 Å². The third-order valence-electron chi connectivity index (χ3n) is 5.15. The third-order valence-corrected chi connectivity index (χ3v) is 5.15. The SMILES string of the molecule is CN1CCNCC1c1noc(CN(Cc2ccccc2)Cc2ccccc2)n1.Cl.